The number of benzene rings is 1. The highest BCUT2D eigenvalue weighted by Crippen LogP contribution is 2.23. The van der Waals surface area contributed by atoms with Gasteiger partial charge in [0, 0.05) is 23.9 Å². The molecule has 1 saturated heterocycles. The minimum absolute atomic E-state index is 0. The topological polar surface area (TPSA) is 98.3 Å². The van der Waals surface area contributed by atoms with Gasteiger partial charge in [-0.15, -0.1) is 12.4 Å². The number of fused-ring (bicyclic) bond motifs is 1. The molecule has 0 spiro atoms. The Morgan fingerprint density at radius 3 is 3.00 bits per heavy atom. The highest BCUT2D eigenvalue weighted by molar-refractivity contribution is 7.84. The molecule has 2 atom stereocenters. The molecule has 114 valence electrons. The molecule has 0 radical (unpaired) electrons. The molecule has 1 aromatic heterocycles. The molecule has 2 unspecified atom stereocenters. The molecule has 1 aliphatic rings. The molecular weight excluding hydrogens is 318 g/mol. The molecule has 3 rings (SSSR count). The number of nitro groups is 1. The molecule has 7 nitrogen and oxygen atoms in total. The molecular formula is C12H14ClN3O4S. The van der Waals surface area contributed by atoms with E-state index in [1.165, 1.54) is 18.2 Å². The number of rotatable bonds is 4. The maximum atomic E-state index is 12.2. The van der Waals surface area contributed by atoms with E-state index in [0.717, 1.165) is 19.4 Å². The maximum Gasteiger partial charge on any atom is 0.287 e. The fourth-order valence-electron chi connectivity index (χ4n) is 2.26. The SMILES string of the molecule is Cl.O=[N+]([O-])c1ccc2oc(S(=O)CC3CCCN3)nc2c1. The summed E-state index contributed by atoms with van der Waals surface area (Å²) in [5.74, 6) is 0.453. The van der Waals surface area contributed by atoms with Crippen molar-refractivity contribution in [2.75, 3.05) is 12.3 Å². The van der Waals surface area contributed by atoms with Crippen LogP contribution in [-0.2, 0) is 10.8 Å². The van der Waals surface area contributed by atoms with Crippen LogP contribution in [0.15, 0.2) is 27.8 Å². The second-order valence-corrected chi connectivity index (χ2v) is 6.07. The van der Waals surface area contributed by atoms with Crippen LogP contribution in [0.2, 0.25) is 0 Å². The lowest BCUT2D eigenvalue weighted by Gasteiger charge is -2.06. The fourth-order valence-corrected chi connectivity index (χ4v) is 3.43. The largest absolute Gasteiger partial charge is 0.430 e. The Hall–Kier alpha value is -1.51. The first-order valence-corrected chi connectivity index (χ1v) is 7.62. The minimum atomic E-state index is -1.33. The number of aromatic nitrogens is 1. The van der Waals surface area contributed by atoms with Gasteiger partial charge in [0.25, 0.3) is 10.9 Å². The predicted molar refractivity (Wildman–Crippen MR) is 80.2 cm³/mol. The van der Waals surface area contributed by atoms with Gasteiger partial charge in [-0.3, -0.25) is 10.1 Å². The van der Waals surface area contributed by atoms with E-state index in [1.807, 2.05) is 0 Å². The van der Waals surface area contributed by atoms with Crippen LogP contribution in [0.25, 0.3) is 11.1 Å². The van der Waals surface area contributed by atoms with Crippen molar-refractivity contribution in [2.24, 2.45) is 0 Å². The van der Waals surface area contributed by atoms with Crippen molar-refractivity contribution in [3.8, 4) is 0 Å². The van der Waals surface area contributed by atoms with Crippen LogP contribution in [0.4, 0.5) is 5.69 Å². The van der Waals surface area contributed by atoms with Crippen LogP contribution >= 0.6 is 12.4 Å². The van der Waals surface area contributed by atoms with Gasteiger partial charge in [0.1, 0.15) is 16.3 Å². The quantitative estimate of drug-likeness (QED) is 0.679. The number of halogens is 1. The second-order valence-electron chi connectivity index (χ2n) is 4.69. The smallest absolute Gasteiger partial charge is 0.287 e. The number of nitrogens with zero attached hydrogens (tertiary/aromatic N) is 2. The normalized spacial score (nSPS) is 19.3. The van der Waals surface area contributed by atoms with Crippen molar-refractivity contribution in [3.05, 3.63) is 28.3 Å². The molecule has 9 heteroatoms. The third-order valence-corrected chi connectivity index (χ3v) is 4.54. The summed E-state index contributed by atoms with van der Waals surface area (Å²) in [6.45, 7) is 0.946. The zero-order chi connectivity index (χ0) is 14.1. The van der Waals surface area contributed by atoms with E-state index in [0.29, 0.717) is 16.9 Å². The van der Waals surface area contributed by atoms with E-state index in [-0.39, 0.29) is 29.4 Å². The Kier molecular flexibility index (Phi) is 4.92. The number of oxazole rings is 1. The van der Waals surface area contributed by atoms with Gasteiger partial charge in [-0.2, -0.15) is 0 Å². The highest BCUT2D eigenvalue weighted by Gasteiger charge is 2.21. The Bertz CT molecular complexity index is 684. The average molecular weight is 332 g/mol. The average Bonchev–Trinajstić information content (AvgIpc) is 3.05. The van der Waals surface area contributed by atoms with Crippen LogP contribution in [0.5, 0.6) is 0 Å². The lowest BCUT2D eigenvalue weighted by Crippen LogP contribution is -2.27. The lowest BCUT2D eigenvalue weighted by molar-refractivity contribution is -0.384. The first-order valence-electron chi connectivity index (χ1n) is 6.30. The molecule has 1 aliphatic heterocycles. The standard InChI is InChI=1S/C12H13N3O4S.ClH/c16-15(17)9-3-4-11-10(6-9)14-12(19-11)20(18)7-8-2-1-5-13-8;/h3-4,6,8,13H,1-2,5,7H2;1H. The van der Waals surface area contributed by atoms with Crippen LogP contribution in [0, 0.1) is 10.1 Å². The Morgan fingerprint density at radius 1 is 1.52 bits per heavy atom. The molecule has 0 saturated carbocycles. The summed E-state index contributed by atoms with van der Waals surface area (Å²) in [6.07, 6.45) is 2.08. The summed E-state index contributed by atoms with van der Waals surface area (Å²) in [4.78, 5) is 14.3. The number of hydrogen-bond acceptors (Lipinski definition) is 6. The van der Waals surface area contributed by atoms with Crippen molar-refractivity contribution in [2.45, 2.75) is 24.1 Å². The fraction of sp³-hybridized carbons (Fsp3) is 0.417. The van der Waals surface area contributed by atoms with Crippen LogP contribution in [0.1, 0.15) is 12.8 Å². The van der Waals surface area contributed by atoms with Crippen LogP contribution in [-0.4, -0.2) is 32.5 Å². The van der Waals surface area contributed by atoms with Gasteiger partial charge in [-0.1, -0.05) is 0 Å². The summed E-state index contributed by atoms with van der Waals surface area (Å²) in [7, 11) is -1.33. The number of nitro benzene ring substituents is 1. The summed E-state index contributed by atoms with van der Waals surface area (Å²) < 4.78 is 17.6. The van der Waals surface area contributed by atoms with E-state index < -0.39 is 15.7 Å². The lowest BCUT2D eigenvalue weighted by atomic mass is 10.3. The Morgan fingerprint density at radius 2 is 2.33 bits per heavy atom. The molecule has 2 heterocycles. The van der Waals surface area contributed by atoms with Crippen molar-refractivity contribution < 1.29 is 13.5 Å². The number of nitrogens with one attached hydrogen (secondary N) is 1. The second kappa shape index (κ2) is 6.50. The van der Waals surface area contributed by atoms with Crippen molar-refractivity contribution in [3.63, 3.8) is 0 Å². The van der Waals surface area contributed by atoms with Gasteiger partial charge in [-0.25, -0.2) is 9.19 Å². The Balaban J connectivity index is 0.00000161. The van der Waals surface area contributed by atoms with E-state index >= 15 is 0 Å². The third kappa shape index (κ3) is 3.39. The summed E-state index contributed by atoms with van der Waals surface area (Å²) >= 11 is 0. The molecule has 0 aliphatic carbocycles. The molecule has 1 N–H and O–H groups in total. The zero-order valence-electron chi connectivity index (χ0n) is 11.0. The Labute approximate surface area is 129 Å². The van der Waals surface area contributed by atoms with E-state index in [4.69, 9.17) is 4.42 Å². The number of non-ortho nitro benzene ring substituents is 1. The zero-order valence-corrected chi connectivity index (χ0v) is 12.6. The predicted octanol–water partition coefficient (Wildman–Crippen LogP) is 2.02. The highest BCUT2D eigenvalue weighted by atomic mass is 35.5. The molecule has 2 aromatic rings. The van der Waals surface area contributed by atoms with Crippen molar-refractivity contribution >= 4 is 40.0 Å². The molecule has 1 aromatic carbocycles. The summed E-state index contributed by atoms with van der Waals surface area (Å²) in [6, 6.07) is 4.38. The first kappa shape index (κ1) is 15.9. The van der Waals surface area contributed by atoms with E-state index in [2.05, 4.69) is 10.3 Å². The number of hydrogen-bond donors (Lipinski definition) is 1. The maximum absolute atomic E-state index is 12.2. The molecule has 0 bridgehead atoms. The summed E-state index contributed by atoms with van der Waals surface area (Å²) in [5, 5.41) is 14.1. The van der Waals surface area contributed by atoms with Gasteiger partial charge >= 0.3 is 0 Å². The molecule has 21 heavy (non-hydrogen) atoms. The third-order valence-electron chi connectivity index (χ3n) is 3.27. The molecule has 0 amide bonds. The molecule has 1 fully saturated rings. The van der Waals surface area contributed by atoms with Gasteiger partial charge in [0.2, 0.25) is 0 Å². The summed E-state index contributed by atoms with van der Waals surface area (Å²) in [5.41, 5.74) is 0.723. The minimum Gasteiger partial charge on any atom is -0.430 e. The van der Waals surface area contributed by atoms with Crippen molar-refractivity contribution in [1.82, 2.24) is 10.3 Å². The van der Waals surface area contributed by atoms with E-state index in [1.54, 1.807) is 0 Å². The van der Waals surface area contributed by atoms with Crippen LogP contribution < -0.4 is 5.32 Å². The van der Waals surface area contributed by atoms with Crippen molar-refractivity contribution in [1.29, 1.82) is 0 Å². The van der Waals surface area contributed by atoms with Crippen LogP contribution in [0.3, 0.4) is 0 Å². The van der Waals surface area contributed by atoms with E-state index in [9.17, 15) is 14.3 Å². The van der Waals surface area contributed by atoms with Gasteiger partial charge in [0.05, 0.1) is 4.92 Å². The van der Waals surface area contributed by atoms with Gasteiger partial charge < -0.3 is 9.73 Å². The monoisotopic (exact) mass is 331 g/mol. The first-order chi connectivity index (χ1) is 9.63. The van der Waals surface area contributed by atoms with Gasteiger partial charge in [-0.05, 0) is 25.5 Å². The van der Waals surface area contributed by atoms with Gasteiger partial charge in [0.15, 0.2) is 5.58 Å².